The van der Waals surface area contributed by atoms with Crippen LogP contribution in [0.15, 0.2) is 117 Å². The Balaban J connectivity index is 0.843. The third kappa shape index (κ3) is 18.9. The number of alkyl carbamates (subject to hydrolysis) is 1. The first-order valence-corrected chi connectivity index (χ1v) is 35.1. The summed E-state index contributed by atoms with van der Waals surface area (Å²) in [5, 5.41) is 40.6. The van der Waals surface area contributed by atoms with Gasteiger partial charge in [0.15, 0.2) is 0 Å². The van der Waals surface area contributed by atoms with Crippen molar-refractivity contribution >= 4 is 60.3 Å². The number of aromatic carboxylic acids is 1. The molecule has 3 aromatic carbocycles. The van der Waals surface area contributed by atoms with Gasteiger partial charge in [-0.05, 0) is 163 Å². The number of ether oxygens (including phenoxy) is 1. The van der Waals surface area contributed by atoms with Gasteiger partial charge < -0.3 is 36.2 Å². The second-order valence-electron chi connectivity index (χ2n) is 24.0. The smallest absolute Gasteiger partial charge is 0.407 e. The highest BCUT2D eigenvalue weighted by atomic mass is 28.3. The van der Waals surface area contributed by atoms with Crippen LogP contribution in [0.3, 0.4) is 0 Å². The monoisotopic (exact) mass is 1180 g/mol. The Morgan fingerprint density at radius 3 is 2.26 bits per heavy atom. The first-order valence-electron chi connectivity index (χ1n) is 32.1. The Morgan fingerprint density at radius 1 is 0.812 bits per heavy atom. The predicted molar refractivity (Wildman–Crippen MR) is 349 cm³/mol. The molecule has 0 radical (unpaired) electrons. The fourth-order valence-electron chi connectivity index (χ4n) is 12.4. The number of aliphatic hydroxyl groups is 1. The van der Waals surface area contributed by atoms with Gasteiger partial charge in [0, 0.05) is 50.3 Å². The third-order valence-electron chi connectivity index (χ3n) is 17.3. The van der Waals surface area contributed by atoms with Gasteiger partial charge in [0.25, 0.3) is 5.91 Å². The van der Waals surface area contributed by atoms with E-state index in [1.165, 1.54) is 80.2 Å². The maximum Gasteiger partial charge on any atom is 0.407 e. The molecule has 458 valence electrons. The fraction of sp³-hybridized carbons (Fsp3) is 0.514. The Morgan fingerprint density at radius 2 is 1.54 bits per heavy atom. The summed E-state index contributed by atoms with van der Waals surface area (Å²) in [7, 11) is -0.362. The van der Waals surface area contributed by atoms with Crippen LogP contribution in [0.2, 0.25) is 13.1 Å². The van der Waals surface area contributed by atoms with E-state index in [1.807, 2.05) is 63.5 Å². The van der Waals surface area contributed by atoms with E-state index in [-0.39, 0.29) is 42.0 Å². The van der Waals surface area contributed by atoms with Crippen LogP contribution < -0.4 is 31.9 Å². The fourth-order valence-corrected chi connectivity index (χ4v) is 15.5. The molecule has 0 spiro atoms. The van der Waals surface area contributed by atoms with Gasteiger partial charge >= 0.3 is 12.1 Å². The van der Waals surface area contributed by atoms with Crippen LogP contribution in [-0.2, 0) is 22.6 Å². The highest BCUT2D eigenvalue weighted by molar-refractivity contribution is 6.98. The molecule has 15 heteroatoms. The summed E-state index contributed by atoms with van der Waals surface area (Å²) in [6.45, 7) is 13.0. The van der Waals surface area contributed by atoms with Crippen molar-refractivity contribution < 1.29 is 34.1 Å². The molecule has 2 aliphatic heterocycles. The number of benzene rings is 3. The molecule has 7 N–H and O–H groups in total. The van der Waals surface area contributed by atoms with Crippen LogP contribution in [0.4, 0.5) is 4.79 Å². The number of rotatable bonds is 32. The van der Waals surface area contributed by atoms with Gasteiger partial charge in [-0.1, -0.05) is 158 Å². The standard InChI is InChI=1S/C70H97N7O7Si/c1-7-10-11-12-13-14-15-16-17-18-19-20-22-28-62(78)61(8-2)76-65(79)29-23-21-24-42-73-70(83)84-55-26-25-27-56-53(35-38-55)48-75-77-67(56)51-33-30-49(31-34-51)47-74-68(80)52-36-40-57(69(81)82)60(44-52)66-58-39-32-50(46-71-4)43-63(58)85(5,6)64-45-54(72-9-3)37-41-59(64)66/h22,28,30-34,36-37,39-41,43-45,48,53,55,61-62,71,77-78H,7-21,23-27,29,35,38,42,46-47H2,1-6H3,(H,73,83)(H,74,80)(H,76,79)(H,81,82)/b28-22+,72-54?/t53?,55?,61-,62+/m0/s1. The van der Waals surface area contributed by atoms with Crippen molar-refractivity contribution in [3.05, 3.63) is 146 Å². The van der Waals surface area contributed by atoms with Gasteiger partial charge in [-0.25, -0.2) is 9.59 Å². The largest absolute Gasteiger partial charge is 0.478 e. The average Bonchev–Trinajstić information content (AvgIpc) is 1.02. The molecule has 4 aliphatic rings. The number of hydrazone groups is 1. The molecule has 3 aromatic rings. The maximum atomic E-state index is 14.0. The summed E-state index contributed by atoms with van der Waals surface area (Å²) in [5.41, 5.74) is 13.3. The van der Waals surface area contributed by atoms with E-state index < -0.39 is 26.2 Å². The van der Waals surface area contributed by atoms with E-state index in [0.717, 1.165) is 96.2 Å². The second kappa shape index (κ2) is 33.9. The average molecular weight is 1180 g/mol. The number of carboxylic acid groups (broad SMARTS) is 1. The van der Waals surface area contributed by atoms with Crippen LogP contribution in [0.25, 0.3) is 11.3 Å². The summed E-state index contributed by atoms with van der Waals surface area (Å²) >= 11 is 0. The zero-order valence-electron chi connectivity index (χ0n) is 51.8. The quantitative estimate of drug-likeness (QED) is 0.0180. The third-order valence-corrected chi connectivity index (χ3v) is 20.8. The van der Waals surface area contributed by atoms with Crippen molar-refractivity contribution in [3.8, 4) is 0 Å². The van der Waals surface area contributed by atoms with E-state index in [4.69, 9.17) is 9.73 Å². The number of hydrogen-bond donors (Lipinski definition) is 7. The first-order chi connectivity index (χ1) is 41.3. The van der Waals surface area contributed by atoms with Crippen molar-refractivity contribution in [3.63, 3.8) is 0 Å². The zero-order chi connectivity index (χ0) is 60.6. The minimum atomic E-state index is -2.29. The number of nitrogens with one attached hydrogen (secondary N) is 5. The van der Waals surface area contributed by atoms with Gasteiger partial charge in [0.2, 0.25) is 5.91 Å². The minimum Gasteiger partial charge on any atom is -0.478 e. The lowest BCUT2D eigenvalue weighted by Crippen LogP contribution is -2.49. The lowest BCUT2D eigenvalue weighted by Gasteiger charge is -2.38. The van der Waals surface area contributed by atoms with Crippen molar-refractivity contribution in [1.82, 2.24) is 26.7 Å². The summed E-state index contributed by atoms with van der Waals surface area (Å²) < 4.78 is 5.92. The van der Waals surface area contributed by atoms with Crippen LogP contribution in [0, 0.1) is 5.92 Å². The zero-order valence-corrected chi connectivity index (χ0v) is 52.8. The summed E-state index contributed by atoms with van der Waals surface area (Å²) in [5.74, 6) is -1.32. The predicted octanol–water partition coefficient (Wildman–Crippen LogP) is 13.3. The van der Waals surface area contributed by atoms with Crippen molar-refractivity contribution in [2.24, 2.45) is 16.0 Å². The van der Waals surface area contributed by atoms with E-state index >= 15 is 0 Å². The first kappa shape index (κ1) is 65.9. The molecule has 7 rings (SSSR count). The number of aliphatic imine (C=N–C) groups is 1. The number of unbranched alkanes of at least 4 members (excludes halogenated alkanes) is 13. The van der Waals surface area contributed by atoms with Crippen molar-refractivity contribution in [2.45, 2.75) is 206 Å². The molecular weight excluding hydrogens is 1080 g/mol. The van der Waals surface area contributed by atoms with Crippen molar-refractivity contribution in [1.29, 1.82) is 0 Å². The van der Waals surface area contributed by atoms with Gasteiger partial charge in [0.05, 0.1) is 29.1 Å². The molecule has 1 fully saturated rings. The highest BCUT2D eigenvalue weighted by Gasteiger charge is 2.40. The molecule has 2 unspecified atom stereocenters. The molecule has 4 atom stereocenters. The molecule has 1 saturated carbocycles. The summed E-state index contributed by atoms with van der Waals surface area (Å²) in [6.07, 6.45) is 33.3. The molecule has 2 aliphatic carbocycles. The lowest BCUT2D eigenvalue weighted by molar-refractivity contribution is -0.122. The molecule has 0 aromatic heterocycles. The number of carbonyl (C=O) groups excluding carboxylic acids is 3. The lowest BCUT2D eigenvalue weighted by atomic mass is 9.83. The van der Waals surface area contributed by atoms with Crippen LogP contribution in [-0.4, -0.2) is 92.5 Å². The minimum absolute atomic E-state index is 0.0579. The van der Waals surface area contributed by atoms with Gasteiger partial charge in [0.1, 0.15) is 14.2 Å². The van der Waals surface area contributed by atoms with E-state index in [0.29, 0.717) is 56.4 Å². The Kier molecular flexibility index (Phi) is 26.2. The Bertz CT molecular complexity index is 2970. The Labute approximate surface area is 507 Å². The van der Waals surface area contributed by atoms with Crippen LogP contribution in [0.5, 0.6) is 0 Å². The molecule has 14 nitrogen and oxygen atoms in total. The molecule has 2 heterocycles. The normalized spacial score (nSPS) is 18.3. The second-order valence-corrected chi connectivity index (χ2v) is 28.3. The SMILES string of the molecule is CCCCCCCCCCCCC/C=C/[C@@H](O)[C@H](CC)NC(=O)CCCCCNC(=O)OC1CCCC2=C(c3ccc(CNC(=O)c4ccc(C(=O)O)c(C5=C6C=CC(=NCC)C=C6[Si](C)(C)c6cc(CNC)ccc65)c4)cc3)NN=CC2CC1. The summed E-state index contributed by atoms with van der Waals surface area (Å²) in [6, 6.07) is 19.2. The summed E-state index contributed by atoms with van der Waals surface area (Å²) in [4.78, 5) is 57.4. The van der Waals surface area contributed by atoms with Gasteiger partial charge in [-0.3, -0.25) is 20.0 Å². The van der Waals surface area contributed by atoms with E-state index in [1.54, 1.807) is 18.2 Å². The number of aliphatic hydroxyl groups excluding tert-OH is 1. The topological polar surface area (TPSA) is 203 Å². The van der Waals surface area contributed by atoms with Crippen molar-refractivity contribution in [2.75, 3.05) is 20.1 Å². The van der Waals surface area contributed by atoms with Crippen LogP contribution in [0.1, 0.15) is 211 Å². The number of carboxylic acids is 1. The molecule has 85 heavy (non-hydrogen) atoms. The maximum absolute atomic E-state index is 14.0. The molecule has 0 bridgehead atoms. The number of carbonyl (C=O) groups is 4. The number of allylic oxidation sites excluding steroid dienone is 7. The number of hydrogen-bond acceptors (Lipinski definition) is 10. The van der Waals surface area contributed by atoms with E-state index in [2.05, 4.69) is 88.2 Å². The van der Waals surface area contributed by atoms with E-state index in [9.17, 15) is 29.4 Å². The highest BCUT2D eigenvalue weighted by Crippen LogP contribution is 2.43. The molecule has 0 saturated heterocycles. The molecular formula is C70H97N7O7Si. The van der Waals surface area contributed by atoms with Gasteiger partial charge in [-0.2, -0.15) is 5.10 Å². The van der Waals surface area contributed by atoms with Crippen LogP contribution >= 0.6 is 0 Å². The Hall–Kier alpha value is -6.68. The number of nitrogens with zero attached hydrogens (tertiary/aromatic N) is 2. The number of fused-ring (bicyclic) bond motifs is 3. The van der Waals surface area contributed by atoms with Gasteiger partial charge in [-0.15, -0.1) is 0 Å². The number of amides is 3. The molecule has 3 amide bonds.